The molecule has 0 aliphatic rings. The number of ketones is 1. The molecular formula is C15H18FN3OS. The number of rotatable bonds is 6. The number of aromatic nitrogens is 2. The van der Waals surface area contributed by atoms with Crippen molar-refractivity contribution in [2.75, 3.05) is 11.9 Å². The molecule has 1 heterocycles. The van der Waals surface area contributed by atoms with E-state index in [-0.39, 0.29) is 18.1 Å². The third kappa shape index (κ3) is 4.32. The SMILES string of the molecule is Cc1ccc(C(=O)CNc2nnc(CC(C)C)s2)cc1F. The van der Waals surface area contributed by atoms with Gasteiger partial charge in [0.2, 0.25) is 5.13 Å². The third-order valence-electron chi connectivity index (χ3n) is 2.94. The number of Topliss-reactive ketones (excluding diaryl/α,β-unsaturated/α-hetero) is 1. The minimum atomic E-state index is -0.365. The van der Waals surface area contributed by atoms with Crippen molar-refractivity contribution in [1.29, 1.82) is 0 Å². The Kier molecular flexibility index (Phi) is 5.01. The van der Waals surface area contributed by atoms with Crippen LogP contribution in [-0.4, -0.2) is 22.5 Å². The van der Waals surface area contributed by atoms with Crippen molar-refractivity contribution < 1.29 is 9.18 Å². The summed E-state index contributed by atoms with van der Waals surface area (Å²) < 4.78 is 13.4. The Hall–Kier alpha value is -1.82. The van der Waals surface area contributed by atoms with E-state index in [0.29, 0.717) is 22.2 Å². The molecule has 0 aliphatic carbocycles. The summed E-state index contributed by atoms with van der Waals surface area (Å²) in [6.45, 7) is 5.98. The molecule has 0 saturated heterocycles. The van der Waals surface area contributed by atoms with Gasteiger partial charge in [-0.3, -0.25) is 4.79 Å². The summed E-state index contributed by atoms with van der Waals surface area (Å²) in [5, 5.41) is 12.6. The zero-order valence-electron chi connectivity index (χ0n) is 12.3. The van der Waals surface area contributed by atoms with E-state index in [9.17, 15) is 9.18 Å². The second kappa shape index (κ2) is 6.76. The lowest BCUT2D eigenvalue weighted by Gasteiger charge is -2.03. The molecule has 1 aromatic heterocycles. The first-order valence-electron chi connectivity index (χ1n) is 6.81. The van der Waals surface area contributed by atoms with E-state index >= 15 is 0 Å². The van der Waals surface area contributed by atoms with Gasteiger partial charge in [-0.1, -0.05) is 37.3 Å². The van der Waals surface area contributed by atoms with Crippen LogP contribution < -0.4 is 5.32 Å². The summed E-state index contributed by atoms with van der Waals surface area (Å²) in [7, 11) is 0. The van der Waals surface area contributed by atoms with Gasteiger partial charge < -0.3 is 5.32 Å². The number of benzene rings is 1. The minimum Gasteiger partial charge on any atom is -0.353 e. The number of anilines is 1. The number of nitrogens with one attached hydrogen (secondary N) is 1. The van der Waals surface area contributed by atoms with E-state index in [1.165, 1.54) is 17.4 Å². The Morgan fingerprint density at radius 1 is 1.38 bits per heavy atom. The maximum Gasteiger partial charge on any atom is 0.206 e. The van der Waals surface area contributed by atoms with Gasteiger partial charge in [-0.05, 0) is 24.5 Å². The van der Waals surface area contributed by atoms with Crippen LogP contribution in [0, 0.1) is 18.7 Å². The van der Waals surface area contributed by atoms with E-state index in [4.69, 9.17) is 0 Å². The number of nitrogens with zero attached hydrogens (tertiary/aromatic N) is 2. The molecule has 0 unspecified atom stereocenters. The molecule has 0 bridgehead atoms. The van der Waals surface area contributed by atoms with Crippen molar-refractivity contribution in [3.8, 4) is 0 Å². The van der Waals surface area contributed by atoms with Gasteiger partial charge >= 0.3 is 0 Å². The van der Waals surface area contributed by atoms with Crippen LogP contribution in [0.2, 0.25) is 0 Å². The molecular weight excluding hydrogens is 289 g/mol. The van der Waals surface area contributed by atoms with Crippen molar-refractivity contribution in [1.82, 2.24) is 10.2 Å². The first-order valence-corrected chi connectivity index (χ1v) is 7.63. The fourth-order valence-corrected chi connectivity index (χ4v) is 2.73. The molecule has 6 heteroatoms. The second-order valence-corrected chi connectivity index (χ2v) is 6.40. The highest BCUT2D eigenvalue weighted by molar-refractivity contribution is 7.15. The van der Waals surface area contributed by atoms with Gasteiger partial charge in [0, 0.05) is 12.0 Å². The number of hydrogen-bond donors (Lipinski definition) is 1. The number of carbonyl (C=O) groups excluding carboxylic acids is 1. The number of halogens is 1. The highest BCUT2D eigenvalue weighted by Crippen LogP contribution is 2.18. The lowest BCUT2D eigenvalue weighted by molar-refractivity contribution is 0.101. The van der Waals surface area contributed by atoms with Gasteiger partial charge in [-0.25, -0.2) is 4.39 Å². The molecule has 1 N–H and O–H groups in total. The molecule has 21 heavy (non-hydrogen) atoms. The summed E-state index contributed by atoms with van der Waals surface area (Å²) in [5.74, 6) is -0.0199. The predicted octanol–water partition coefficient (Wildman–Crippen LogP) is 3.48. The summed E-state index contributed by atoms with van der Waals surface area (Å²) in [6, 6.07) is 4.50. The maximum absolute atomic E-state index is 13.4. The number of carbonyl (C=O) groups is 1. The average Bonchev–Trinajstić information content (AvgIpc) is 2.86. The van der Waals surface area contributed by atoms with Crippen LogP contribution in [0.5, 0.6) is 0 Å². The first-order chi connectivity index (χ1) is 9.95. The van der Waals surface area contributed by atoms with E-state index in [1.807, 2.05) is 0 Å². The normalized spacial score (nSPS) is 10.9. The van der Waals surface area contributed by atoms with Crippen LogP contribution >= 0.6 is 11.3 Å². The summed E-state index contributed by atoms with van der Waals surface area (Å²) in [6.07, 6.45) is 0.871. The summed E-state index contributed by atoms with van der Waals surface area (Å²) in [5.41, 5.74) is 0.888. The van der Waals surface area contributed by atoms with Crippen LogP contribution in [0.25, 0.3) is 0 Å². The molecule has 0 atom stereocenters. The Balaban J connectivity index is 1.94. The van der Waals surface area contributed by atoms with Crippen molar-refractivity contribution in [3.63, 3.8) is 0 Å². The van der Waals surface area contributed by atoms with Gasteiger partial charge in [0.25, 0.3) is 0 Å². The van der Waals surface area contributed by atoms with Gasteiger partial charge in [0.1, 0.15) is 10.8 Å². The molecule has 0 spiro atoms. The lowest BCUT2D eigenvalue weighted by Crippen LogP contribution is -2.14. The van der Waals surface area contributed by atoms with Gasteiger partial charge in [0.15, 0.2) is 5.78 Å². The molecule has 112 valence electrons. The number of hydrogen-bond acceptors (Lipinski definition) is 5. The predicted molar refractivity (Wildman–Crippen MR) is 82.4 cm³/mol. The summed E-state index contributed by atoms with van der Waals surface area (Å²) >= 11 is 1.44. The lowest BCUT2D eigenvalue weighted by atomic mass is 10.1. The standard InChI is InChI=1S/C15H18FN3OS/c1-9(2)6-14-18-19-15(21-14)17-8-13(20)11-5-4-10(3)12(16)7-11/h4-5,7,9H,6,8H2,1-3H3,(H,17,19). The van der Waals surface area contributed by atoms with E-state index < -0.39 is 0 Å². The van der Waals surface area contributed by atoms with Crippen molar-refractivity contribution in [2.24, 2.45) is 5.92 Å². The van der Waals surface area contributed by atoms with Crippen LogP contribution in [0.3, 0.4) is 0 Å². The molecule has 1 aromatic carbocycles. The molecule has 0 aliphatic heterocycles. The Bertz CT molecular complexity index is 640. The molecule has 0 saturated carbocycles. The van der Waals surface area contributed by atoms with Crippen LogP contribution in [0.4, 0.5) is 9.52 Å². The molecule has 2 rings (SSSR count). The fraction of sp³-hybridized carbons (Fsp3) is 0.400. The van der Waals surface area contributed by atoms with Crippen molar-refractivity contribution >= 4 is 22.3 Å². The van der Waals surface area contributed by atoms with Crippen molar-refractivity contribution in [3.05, 3.63) is 40.2 Å². The van der Waals surface area contributed by atoms with Crippen LogP contribution in [0.1, 0.15) is 34.8 Å². The Morgan fingerprint density at radius 2 is 2.14 bits per heavy atom. The quantitative estimate of drug-likeness (QED) is 0.830. The van der Waals surface area contributed by atoms with E-state index in [1.54, 1.807) is 19.1 Å². The summed E-state index contributed by atoms with van der Waals surface area (Å²) in [4.78, 5) is 12.0. The molecule has 2 aromatic rings. The second-order valence-electron chi connectivity index (χ2n) is 5.34. The molecule has 0 radical (unpaired) electrons. The van der Waals surface area contributed by atoms with E-state index in [2.05, 4.69) is 29.4 Å². The van der Waals surface area contributed by atoms with Gasteiger partial charge in [-0.15, -0.1) is 10.2 Å². The Morgan fingerprint density at radius 3 is 2.81 bits per heavy atom. The Labute approximate surface area is 127 Å². The monoisotopic (exact) mass is 307 g/mol. The zero-order valence-corrected chi connectivity index (χ0v) is 13.1. The number of aryl methyl sites for hydroxylation is 1. The third-order valence-corrected chi connectivity index (χ3v) is 3.85. The molecule has 0 fully saturated rings. The van der Waals surface area contributed by atoms with Crippen molar-refractivity contribution in [2.45, 2.75) is 27.2 Å². The highest BCUT2D eigenvalue weighted by atomic mass is 32.1. The van der Waals surface area contributed by atoms with Gasteiger partial charge in [-0.2, -0.15) is 0 Å². The van der Waals surface area contributed by atoms with Crippen LogP contribution in [0.15, 0.2) is 18.2 Å². The fourth-order valence-electron chi connectivity index (χ4n) is 1.78. The van der Waals surface area contributed by atoms with Gasteiger partial charge in [0.05, 0.1) is 6.54 Å². The molecule has 4 nitrogen and oxygen atoms in total. The highest BCUT2D eigenvalue weighted by Gasteiger charge is 2.10. The van der Waals surface area contributed by atoms with Crippen LogP contribution in [-0.2, 0) is 6.42 Å². The zero-order chi connectivity index (χ0) is 15.4. The maximum atomic E-state index is 13.4. The topological polar surface area (TPSA) is 54.9 Å². The van der Waals surface area contributed by atoms with E-state index in [0.717, 1.165) is 11.4 Å². The largest absolute Gasteiger partial charge is 0.353 e. The minimum absolute atomic E-state index is 0.0822. The first kappa shape index (κ1) is 15.6. The smallest absolute Gasteiger partial charge is 0.206 e. The molecule has 0 amide bonds. The average molecular weight is 307 g/mol.